The van der Waals surface area contributed by atoms with Crippen LogP contribution in [-0.2, 0) is 32.6 Å². The van der Waals surface area contributed by atoms with E-state index in [0.717, 1.165) is 16.1 Å². The van der Waals surface area contributed by atoms with Gasteiger partial charge in [0.25, 0.3) is 0 Å². The first-order valence-corrected chi connectivity index (χ1v) is 15.3. The topological polar surface area (TPSA) is 86.8 Å². The number of hydrogen-bond donors (Lipinski definition) is 1. The van der Waals surface area contributed by atoms with Crippen LogP contribution in [0.3, 0.4) is 0 Å². The molecule has 0 radical (unpaired) electrons. The lowest BCUT2D eigenvalue weighted by molar-refractivity contribution is -0.140. The molecular weight excluding hydrogens is 581 g/mol. The fraction of sp³-hybridized carbons (Fsp3) is 0.286. The molecule has 208 valence electrons. The molecule has 2 amide bonds. The van der Waals surface area contributed by atoms with Gasteiger partial charge in [-0.2, -0.15) is 0 Å². The van der Waals surface area contributed by atoms with Gasteiger partial charge in [-0.1, -0.05) is 78.1 Å². The maximum absolute atomic E-state index is 14.0. The molecule has 3 aromatic carbocycles. The molecule has 0 saturated heterocycles. The Bertz CT molecular complexity index is 1370. The van der Waals surface area contributed by atoms with Crippen molar-refractivity contribution in [3.63, 3.8) is 0 Å². The fourth-order valence-corrected chi connectivity index (χ4v) is 5.49. The number of rotatable bonds is 12. The van der Waals surface area contributed by atoms with Crippen molar-refractivity contribution >= 4 is 62.3 Å². The van der Waals surface area contributed by atoms with E-state index in [1.165, 1.54) is 29.2 Å². The zero-order valence-corrected chi connectivity index (χ0v) is 24.7. The number of anilines is 1. The van der Waals surface area contributed by atoms with E-state index in [2.05, 4.69) is 5.32 Å². The molecule has 0 aliphatic rings. The molecule has 0 aromatic heterocycles. The lowest BCUT2D eigenvalue weighted by Crippen LogP contribution is -2.53. The molecule has 0 fully saturated rings. The van der Waals surface area contributed by atoms with Gasteiger partial charge in [0.2, 0.25) is 21.8 Å². The minimum absolute atomic E-state index is 0.105. The van der Waals surface area contributed by atoms with Crippen molar-refractivity contribution in [2.45, 2.75) is 32.4 Å². The Morgan fingerprint density at radius 3 is 2.08 bits per heavy atom. The molecule has 0 heterocycles. The van der Waals surface area contributed by atoms with Crippen molar-refractivity contribution in [1.82, 2.24) is 10.2 Å². The van der Waals surface area contributed by atoms with Crippen molar-refractivity contribution in [2.24, 2.45) is 0 Å². The lowest BCUT2D eigenvalue weighted by Gasteiger charge is -2.34. The van der Waals surface area contributed by atoms with Gasteiger partial charge in [-0.25, -0.2) is 8.42 Å². The van der Waals surface area contributed by atoms with Crippen molar-refractivity contribution < 1.29 is 18.0 Å². The molecule has 39 heavy (non-hydrogen) atoms. The molecular formula is C28H30Cl3N3O4S. The molecule has 11 heteroatoms. The van der Waals surface area contributed by atoms with E-state index in [9.17, 15) is 18.0 Å². The van der Waals surface area contributed by atoms with Crippen LogP contribution in [0, 0.1) is 0 Å². The van der Waals surface area contributed by atoms with Gasteiger partial charge in [0.15, 0.2) is 0 Å². The molecule has 3 aromatic rings. The Morgan fingerprint density at radius 2 is 1.51 bits per heavy atom. The summed E-state index contributed by atoms with van der Waals surface area (Å²) in [5, 5.41) is 3.95. The number of benzene rings is 3. The van der Waals surface area contributed by atoms with Gasteiger partial charge >= 0.3 is 0 Å². The third kappa shape index (κ3) is 8.60. The van der Waals surface area contributed by atoms with Crippen molar-refractivity contribution in [1.29, 1.82) is 0 Å². The molecule has 0 aliphatic carbocycles. The number of halogens is 3. The SMILES string of the molecule is CCCNC(=O)C(Cc1ccccc1)N(Cc1c(Cl)cccc1Cl)C(=O)CN(c1ccc(Cl)cc1)S(C)(=O)=O. The van der Waals surface area contributed by atoms with E-state index >= 15 is 0 Å². The normalized spacial score (nSPS) is 12.0. The van der Waals surface area contributed by atoms with E-state index < -0.39 is 28.5 Å². The summed E-state index contributed by atoms with van der Waals surface area (Å²) < 4.78 is 26.5. The van der Waals surface area contributed by atoms with E-state index in [1.54, 1.807) is 18.2 Å². The van der Waals surface area contributed by atoms with Gasteiger partial charge in [-0.05, 0) is 48.4 Å². The van der Waals surface area contributed by atoms with Crippen LogP contribution in [0.25, 0.3) is 0 Å². The Labute approximate surface area is 244 Å². The first-order valence-electron chi connectivity index (χ1n) is 12.3. The van der Waals surface area contributed by atoms with Crippen molar-refractivity contribution in [3.8, 4) is 0 Å². The van der Waals surface area contributed by atoms with E-state index in [1.807, 2.05) is 37.3 Å². The highest BCUT2D eigenvalue weighted by molar-refractivity contribution is 7.92. The summed E-state index contributed by atoms with van der Waals surface area (Å²) in [6.07, 6.45) is 1.91. The predicted octanol–water partition coefficient (Wildman–Crippen LogP) is 5.58. The standard InChI is InChI=1S/C28H30Cl3N3O4S/c1-3-16-32-28(36)26(17-20-8-5-4-6-9-20)33(18-23-24(30)10-7-11-25(23)31)27(35)19-34(39(2,37)38)22-14-12-21(29)13-15-22/h4-15,26H,3,16-19H2,1-2H3,(H,32,36). The first kappa shape index (κ1) is 30.8. The van der Waals surface area contributed by atoms with Gasteiger partial charge in [-0.15, -0.1) is 0 Å². The molecule has 1 N–H and O–H groups in total. The maximum Gasteiger partial charge on any atom is 0.244 e. The highest BCUT2D eigenvalue weighted by Crippen LogP contribution is 2.28. The summed E-state index contributed by atoms with van der Waals surface area (Å²) in [6.45, 7) is 1.69. The monoisotopic (exact) mass is 609 g/mol. The second-order valence-corrected chi connectivity index (χ2v) is 12.1. The van der Waals surface area contributed by atoms with Gasteiger partial charge in [-0.3, -0.25) is 13.9 Å². The number of amides is 2. The summed E-state index contributed by atoms with van der Waals surface area (Å²) >= 11 is 18.9. The van der Waals surface area contributed by atoms with Gasteiger partial charge in [0.05, 0.1) is 11.9 Å². The number of nitrogens with one attached hydrogen (secondary N) is 1. The summed E-state index contributed by atoms with van der Waals surface area (Å²) in [4.78, 5) is 28.8. The second kappa shape index (κ2) is 14.0. The average molecular weight is 611 g/mol. The van der Waals surface area contributed by atoms with E-state index in [4.69, 9.17) is 34.8 Å². The summed E-state index contributed by atoms with van der Waals surface area (Å²) in [5.74, 6) is -0.964. The van der Waals surface area contributed by atoms with Crippen LogP contribution >= 0.6 is 34.8 Å². The highest BCUT2D eigenvalue weighted by atomic mass is 35.5. The van der Waals surface area contributed by atoms with Gasteiger partial charge in [0.1, 0.15) is 12.6 Å². The molecule has 0 spiro atoms. The minimum Gasteiger partial charge on any atom is -0.354 e. The molecule has 0 saturated carbocycles. The minimum atomic E-state index is -3.88. The van der Waals surface area contributed by atoms with Crippen LogP contribution in [0.4, 0.5) is 5.69 Å². The van der Waals surface area contributed by atoms with Gasteiger partial charge < -0.3 is 10.2 Å². The van der Waals surface area contributed by atoms with Crippen LogP contribution in [0.15, 0.2) is 72.8 Å². The fourth-order valence-electron chi connectivity index (χ4n) is 3.99. The highest BCUT2D eigenvalue weighted by Gasteiger charge is 2.33. The Morgan fingerprint density at radius 1 is 0.897 bits per heavy atom. The molecule has 3 rings (SSSR count). The predicted molar refractivity (Wildman–Crippen MR) is 158 cm³/mol. The molecule has 1 unspecified atom stereocenters. The quantitative estimate of drug-likeness (QED) is 0.290. The number of hydrogen-bond acceptors (Lipinski definition) is 4. The Kier molecular flexibility index (Phi) is 11.1. The second-order valence-electron chi connectivity index (χ2n) is 8.96. The Balaban J connectivity index is 2.08. The van der Waals surface area contributed by atoms with Crippen molar-refractivity contribution in [3.05, 3.63) is 99.0 Å². The van der Waals surface area contributed by atoms with E-state index in [-0.39, 0.29) is 24.6 Å². The number of carbonyl (C=O) groups is 2. The number of nitrogens with zero attached hydrogens (tertiary/aromatic N) is 2. The van der Waals surface area contributed by atoms with Crippen LogP contribution < -0.4 is 9.62 Å². The van der Waals surface area contributed by atoms with Gasteiger partial charge in [0, 0.05) is 40.1 Å². The average Bonchev–Trinajstić information content (AvgIpc) is 2.89. The van der Waals surface area contributed by atoms with Crippen LogP contribution in [-0.4, -0.2) is 50.5 Å². The van der Waals surface area contributed by atoms with E-state index in [0.29, 0.717) is 33.6 Å². The smallest absolute Gasteiger partial charge is 0.244 e. The first-order chi connectivity index (χ1) is 18.5. The third-order valence-corrected chi connectivity index (χ3v) is 8.11. The largest absolute Gasteiger partial charge is 0.354 e. The molecule has 7 nitrogen and oxygen atoms in total. The molecule has 0 aliphatic heterocycles. The molecule has 1 atom stereocenters. The summed E-state index contributed by atoms with van der Waals surface area (Å²) in [6, 6.07) is 19.4. The Hall–Kier alpha value is -2.78. The lowest BCUT2D eigenvalue weighted by atomic mass is 10.0. The third-order valence-electron chi connectivity index (χ3n) is 6.00. The number of sulfonamides is 1. The zero-order chi connectivity index (χ0) is 28.6. The number of carbonyl (C=O) groups excluding carboxylic acids is 2. The van der Waals surface area contributed by atoms with Crippen LogP contribution in [0.2, 0.25) is 15.1 Å². The maximum atomic E-state index is 14.0. The molecule has 0 bridgehead atoms. The summed E-state index contributed by atoms with van der Waals surface area (Å²) in [5.41, 5.74) is 1.55. The summed E-state index contributed by atoms with van der Waals surface area (Å²) in [7, 11) is -3.88. The van der Waals surface area contributed by atoms with Crippen LogP contribution in [0.5, 0.6) is 0 Å². The van der Waals surface area contributed by atoms with Crippen LogP contribution in [0.1, 0.15) is 24.5 Å². The zero-order valence-electron chi connectivity index (χ0n) is 21.6. The van der Waals surface area contributed by atoms with Crippen molar-refractivity contribution in [2.75, 3.05) is 23.7 Å².